The van der Waals surface area contributed by atoms with Crippen LogP contribution in [0.2, 0.25) is 0 Å². The van der Waals surface area contributed by atoms with Crippen molar-refractivity contribution in [2.45, 2.75) is 0 Å². The largest absolute Gasteiger partial charge is 0.484 e. The lowest BCUT2D eigenvalue weighted by molar-refractivity contribution is -0.125. The molecule has 2 aromatic rings. The Hall–Kier alpha value is -3.46. The summed E-state index contributed by atoms with van der Waals surface area (Å²) in [6.07, 6.45) is 2.04. The van der Waals surface area contributed by atoms with Gasteiger partial charge in [0.1, 0.15) is 17.9 Å². The van der Waals surface area contributed by atoms with E-state index in [1.165, 1.54) is 24.3 Å². The summed E-state index contributed by atoms with van der Waals surface area (Å²) in [5.41, 5.74) is 0.711. The number of nitrogens with zero attached hydrogens (tertiary/aromatic N) is 1. The van der Waals surface area contributed by atoms with Gasteiger partial charge in [0.25, 0.3) is 17.1 Å². The van der Waals surface area contributed by atoms with Crippen molar-refractivity contribution in [2.24, 2.45) is 0 Å². The highest BCUT2D eigenvalue weighted by Gasteiger charge is 2.34. The fourth-order valence-electron chi connectivity index (χ4n) is 2.58. The van der Waals surface area contributed by atoms with Gasteiger partial charge in [-0.2, -0.15) is 0 Å². The van der Waals surface area contributed by atoms with Gasteiger partial charge >= 0.3 is 0 Å². The van der Waals surface area contributed by atoms with Gasteiger partial charge in [0.2, 0.25) is 0 Å². The van der Waals surface area contributed by atoms with Gasteiger partial charge in [0.05, 0.1) is 4.91 Å². The molecule has 7 nitrogen and oxygen atoms in total. The number of amides is 3. The first-order chi connectivity index (χ1) is 14.5. The number of halogens is 1. The maximum absolute atomic E-state index is 13.8. The third kappa shape index (κ3) is 5.32. The zero-order valence-electron chi connectivity index (χ0n) is 15.7. The number of rotatable bonds is 8. The Labute approximate surface area is 175 Å². The molecule has 0 unspecified atom stereocenters. The molecule has 1 heterocycles. The van der Waals surface area contributed by atoms with Gasteiger partial charge in [-0.05, 0) is 48.2 Å². The molecule has 1 N–H and O–H groups in total. The van der Waals surface area contributed by atoms with Gasteiger partial charge < -0.3 is 10.1 Å². The van der Waals surface area contributed by atoms with Crippen molar-refractivity contribution in [3.05, 3.63) is 70.4 Å². The Morgan fingerprint density at radius 1 is 1.13 bits per heavy atom. The number of hydrogen-bond donors (Lipinski definition) is 1. The van der Waals surface area contributed by atoms with E-state index in [0.29, 0.717) is 17.6 Å². The molecule has 0 radical (unpaired) electrons. The van der Waals surface area contributed by atoms with Gasteiger partial charge in [0.15, 0.2) is 6.61 Å². The van der Waals surface area contributed by atoms with Crippen molar-refractivity contribution in [1.29, 1.82) is 0 Å². The summed E-state index contributed by atoms with van der Waals surface area (Å²) >= 11 is 0.724. The van der Waals surface area contributed by atoms with E-state index >= 15 is 0 Å². The molecule has 2 aromatic carbocycles. The Morgan fingerprint density at radius 3 is 2.57 bits per heavy atom. The average Bonchev–Trinajstić information content (AvgIpc) is 3.01. The van der Waals surface area contributed by atoms with E-state index in [9.17, 15) is 23.6 Å². The smallest absolute Gasteiger partial charge is 0.293 e. The molecule has 1 saturated heterocycles. The van der Waals surface area contributed by atoms with Crippen LogP contribution >= 0.6 is 11.8 Å². The number of carbonyl (C=O) groups is 4. The van der Waals surface area contributed by atoms with E-state index < -0.39 is 22.9 Å². The quantitative estimate of drug-likeness (QED) is 0.513. The molecule has 0 spiro atoms. The van der Waals surface area contributed by atoms with Crippen LogP contribution in [0.25, 0.3) is 6.08 Å². The van der Waals surface area contributed by atoms with Crippen molar-refractivity contribution < 1.29 is 28.3 Å². The van der Waals surface area contributed by atoms with Crippen LogP contribution < -0.4 is 10.1 Å². The number of imide groups is 1. The molecule has 0 aromatic heterocycles. The van der Waals surface area contributed by atoms with Crippen molar-refractivity contribution in [2.75, 3.05) is 19.7 Å². The molecule has 9 heteroatoms. The lowest BCUT2D eigenvalue weighted by Crippen LogP contribution is -2.38. The standard InChI is InChI=1S/C21H17FN2O5S/c22-17-4-2-1-3-15(17)11-18-20(27)24(21(28)30-18)10-9-23-19(26)13-29-16-7-5-14(12-25)6-8-16/h1-8,11-12H,9-10,13H2,(H,23,26)/b18-11-. The molecule has 0 aliphatic carbocycles. The van der Waals surface area contributed by atoms with Gasteiger partial charge in [-0.3, -0.25) is 24.1 Å². The molecule has 0 bridgehead atoms. The predicted molar refractivity (Wildman–Crippen MR) is 109 cm³/mol. The molecular formula is C21H17FN2O5S. The number of nitrogens with one attached hydrogen (secondary N) is 1. The number of benzene rings is 2. The first kappa shape index (κ1) is 21.3. The normalized spacial score (nSPS) is 14.8. The maximum Gasteiger partial charge on any atom is 0.293 e. The van der Waals surface area contributed by atoms with Crippen LogP contribution in [0.5, 0.6) is 5.75 Å². The number of hydrogen-bond acceptors (Lipinski definition) is 6. The highest BCUT2D eigenvalue weighted by Crippen LogP contribution is 2.32. The fourth-order valence-corrected chi connectivity index (χ4v) is 3.43. The van der Waals surface area contributed by atoms with Crippen LogP contribution in [0.1, 0.15) is 15.9 Å². The Kier molecular flexibility index (Phi) is 6.97. The topological polar surface area (TPSA) is 92.8 Å². The van der Waals surface area contributed by atoms with E-state index in [-0.39, 0.29) is 30.2 Å². The first-order valence-corrected chi connectivity index (χ1v) is 9.74. The van der Waals surface area contributed by atoms with Crippen LogP contribution in [0.15, 0.2) is 53.4 Å². The molecule has 3 rings (SSSR count). The van der Waals surface area contributed by atoms with Gasteiger partial charge in [-0.1, -0.05) is 18.2 Å². The fraction of sp³-hybridized carbons (Fsp3) is 0.143. The molecule has 1 fully saturated rings. The summed E-state index contributed by atoms with van der Waals surface area (Å²) < 4.78 is 19.1. The minimum Gasteiger partial charge on any atom is -0.484 e. The Morgan fingerprint density at radius 2 is 1.87 bits per heavy atom. The lowest BCUT2D eigenvalue weighted by atomic mass is 10.2. The van der Waals surface area contributed by atoms with Crippen LogP contribution in [0, 0.1) is 5.82 Å². The monoisotopic (exact) mass is 428 g/mol. The van der Waals surface area contributed by atoms with Gasteiger partial charge in [0, 0.05) is 24.2 Å². The number of aldehydes is 1. The summed E-state index contributed by atoms with van der Waals surface area (Å²) in [6, 6.07) is 12.2. The summed E-state index contributed by atoms with van der Waals surface area (Å²) in [4.78, 5) is 48.1. The van der Waals surface area contributed by atoms with E-state index in [0.717, 1.165) is 16.7 Å². The second-order valence-electron chi connectivity index (χ2n) is 6.18. The van der Waals surface area contributed by atoms with Crippen molar-refractivity contribution in [3.63, 3.8) is 0 Å². The number of ether oxygens (including phenoxy) is 1. The average molecular weight is 428 g/mol. The van der Waals surface area contributed by atoms with E-state index in [1.807, 2.05) is 0 Å². The molecule has 0 saturated carbocycles. The maximum atomic E-state index is 13.8. The third-order valence-corrected chi connectivity index (χ3v) is 5.02. The van der Waals surface area contributed by atoms with E-state index in [4.69, 9.17) is 4.74 Å². The number of thioether (sulfide) groups is 1. The summed E-state index contributed by atoms with van der Waals surface area (Å²) in [7, 11) is 0. The van der Waals surface area contributed by atoms with Gasteiger partial charge in [-0.15, -0.1) is 0 Å². The second kappa shape index (κ2) is 9.84. The van der Waals surface area contributed by atoms with Crippen LogP contribution in [0.4, 0.5) is 9.18 Å². The molecule has 0 atom stereocenters. The molecule has 1 aliphatic heterocycles. The van der Waals surface area contributed by atoms with Crippen LogP contribution in [0.3, 0.4) is 0 Å². The Bertz CT molecular complexity index is 1010. The number of carbonyl (C=O) groups excluding carboxylic acids is 4. The zero-order chi connectivity index (χ0) is 21.5. The second-order valence-corrected chi connectivity index (χ2v) is 7.17. The molecule has 3 amide bonds. The molecular weight excluding hydrogens is 411 g/mol. The highest BCUT2D eigenvalue weighted by atomic mass is 32.2. The van der Waals surface area contributed by atoms with Gasteiger partial charge in [-0.25, -0.2) is 4.39 Å². The van der Waals surface area contributed by atoms with Crippen molar-refractivity contribution in [3.8, 4) is 5.75 Å². The van der Waals surface area contributed by atoms with Crippen LogP contribution in [-0.2, 0) is 9.59 Å². The van der Waals surface area contributed by atoms with Crippen LogP contribution in [-0.4, -0.2) is 47.9 Å². The van der Waals surface area contributed by atoms with E-state index in [2.05, 4.69) is 5.32 Å². The van der Waals surface area contributed by atoms with E-state index in [1.54, 1.807) is 30.3 Å². The highest BCUT2D eigenvalue weighted by molar-refractivity contribution is 8.18. The SMILES string of the molecule is O=Cc1ccc(OCC(=O)NCCN2C(=O)S/C(=C\c3ccccc3F)C2=O)cc1. The minimum absolute atomic E-state index is 0.0148. The lowest BCUT2D eigenvalue weighted by Gasteiger charge is -2.13. The summed E-state index contributed by atoms with van der Waals surface area (Å²) in [6.45, 7) is -0.216. The first-order valence-electron chi connectivity index (χ1n) is 8.92. The minimum atomic E-state index is -0.533. The van der Waals surface area contributed by atoms with Crippen molar-refractivity contribution in [1.82, 2.24) is 10.2 Å². The zero-order valence-corrected chi connectivity index (χ0v) is 16.5. The predicted octanol–water partition coefficient (Wildman–Crippen LogP) is 2.87. The molecule has 1 aliphatic rings. The third-order valence-electron chi connectivity index (χ3n) is 4.11. The van der Waals surface area contributed by atoms with Crippen molar-refractivity contribution >= 4 is 41.2 Å². The molecule has 30 heavy (non-hydrogen) atoms. The summed E-state index contributed by atoms with van der Waals surface area (Å²) in [5.74, 6) is -1.02. The molecule has 154 valence electrons. The Balaban J connectivity index is 1.47. The summed E-state index contributed by atoms with van der Waals surface area (Å²) in [5, 5.41) is 2.08.